The number of urea groups is 1. The minimum Gasteiger partial charge on any atom is -0.490 e. The first-order valence-corrected chi connectivity index (χ1v) is 8.33. The van der Waals surface area contributed by atoms with Gasteiger partial charge in [0.1, 0.15) is 0 Å². The van der Waals surface area contributed by atoms with Gasteiger partial charge in [0.15, 0.2) is 5.75 Å². The van der Waals surface area contributed by atoms with Gasteiger partial charge in [0.25, 0.3) is 0 Å². The number of rotatable bonds is 6. The highest BCUT2D eigenvalue weighted by molar-refractivity contribution is 7.84. The van der Waals surface area contributed by atoms with Crippen LogP contribution in [-0.4, -0.2) is 34.9 Å². The Morgan fingerprint density at radius 2 is 2.20 bits per heavy atom. The molecule has 1 aromatic carbocycles. The van der Waals surface area contributed by atoms with E-state index in [9.17, 15) is 9.00 Å². The van der Waals surface area contributed by atoms with E-state index >= 15 is 0 Å². The standard InChI is InChI=1S/C13H19ClN2O3S/c1-4-19-12-10(14)6-5-7-11(12)16-13(17)15-9(2)8-20(3)18/h5-7,9H,4,8H2,1-3H3,(H2,15,16,17)/t9-,20+/m1/s1. The first-order chi connectivity index (χ1) is 9.43. The Morgan fingerprint density at radius 3 is 2.80 bits per heavy atom. The van der Waals surface area contributed by atoms with E-state index in [2.05, 4.69) is 10.6 Å². The maximum atomic E-state index is 11.9. The molecule has 0 aliphatic carbocycles. The molecule has 0 saturated carbocycles. The first-order valence-electron chi connectivity index (χ1n) is 6.22. The number of halogens is 1. The van der Waals surface area contributed by atoms with Gasteiger partial charge in [0.2, 0.25) is 0 Å². The Labute approximate surface area is 126 Å². The topological polar surface area (TPSA) is 67.4 Å². The molecule has 0 saturated heterocycles. The summed E-state index contributed by atoms with van der Waals surface area (Å²) in [6, 6.07) is 4.56. The average molecular weight is 319 g/mol. The van der Waals surface area contributed by atoms with E-state index < -0.39 is 10.8 Å². The molecule has 1 aromatic rings. The van der Waals surface area contributed by atoms with E-state index in [4.69, 9.17) is 16.3 Å². The molecule has 5 nitrogen and oxygen atoms in total. The third-order valence-electron chi connectivity index (χ3n) is 2.37. The molecule has 0 spiro atoms. The summed E-state index contributed by atoms with van der Waals surface area (Å²) in [5, 5.41) is 5.83. The minimum absolute atomic E-state index is 0.185. The molecule has 0 aliphatic heterocycles. The summed E-state index contributed by atoms with van der Waals surface area (Å²) in [6.07, 6.45) is 1.60. The smallest absolute Gasteiger partial charge is 0.319 e. The number of ether oxygens (including phenoxy) is 1. The molecule has 0 bridgehead atoms. The molecule has 0 aromatic heterocycles. The van der Waals surface area contributed by atoms with E-state index in [-0.39, 0.29) is 12.1 Å². The average Bonchev–Trinajstić information content (AvgIpc) is 2.32. The van der Waals surface area contributed by atoms with Crippen molar-refractivity contribution in [2.24, 2.45) is 0 Å². The number of hydrogen-bond acceptors (Lipinski definition) is 3. The van der Waals surface area contributed by atoms with Crippen LogP contribution in [0.5, 0.6) is 5.75 Å². The summed E-state index contributed by atoms with van der Waals surface area (Å²) in [5.41, 5.74) is 0.502. The van der Waals surface area contributed by atoms with Crippen molar-refractivity contribution in [1.82, 2.24) is 5.32 Å². The lowest BCUT2D eigenvalue weighted by atomic mass is 10.3. The number of amides is 2. The van der Waals surface area contributed by atoms with Gasteiger partial charge in [-0.3, -0.25) is 4.21 Å². The van der Waals surface area contributed by atoms with Crippen LogP contribution in [0.15, 0.2) is 18.2 Å². The molecule has 2 N–H and O–H groups in total. The largest absolute Gasteiger partial charge is 0.490 e. The number of para-hydroxylation sites is 1. The van der Waals surface area contributed by atoms with Crippen molar-refractivity contribution in [2.75, 3.05) is 23.9 Å². The van der Waals surface area contributed by atoms with Gasteiger partial charge < -0.3 is 15.4 Å². The second-order valence-corrected chi connectivity index (χ2v) is 6.18. The normalized spacial score (nSPS) is 13.4. The fourth-order valence-electron chi connectivity index (χ4n) is 1.67. The van der Waals surface area contributed by atoms with E-state index in [1.54, 1.807) is 31.4 Å². The van der Waals surface area contributed by atoms with Gasteiger partial charge in [-0.15, -0.1) is 0 Å². The van der Waals surface area contributed by atoms with Crippen LogP contribution in [0.4, 0.5) is 10.5 Å². The maximum Gasteiger partial charge on any atom is 0.319 e. The minimum atomic E-state index is -0.958. The molecule has 0 aliphatic rings. The summed E-state index contributed by atoms with van der Waals surface area (Å²) in [7, 11) is -0.958. The molecule has 0 heterocycles. The van der Waals surface area contributed by atoms with Crippen LogP contribution in [-0.2, 0) is 10.8 Å². The highest BCUT2D eigenvalue weighted by Crippen LogP contribution is 2.32. The number of anilines is 1. The number of hydrogen-bond donors (Lipinski definition) is 2. The Hall–Kier alpha value is -1.27. The van der Waals surface area contributed by atoms with E-state index in [1.807, 2.05) is 6.92 Å². The van der Waals surface area contributed by atoms with Crippen LogP contribution >= 0.6 is 11.6 Å². The van der Waals surface area contributed by atoms with Gasteiger partial charge >= 0.3 is 6.03 Å². The van der Waals surface area contributed by atoms with Crippen LogP contribution in [0.2, 0.25) is 5.02 Å². The molecular weight excluding hydrogens is 300 g/mol. The zero-order chi connectivity index (χ0) is 15.1. The third kappa shape index (κ3) is 5.38. The quantitative estimate of drug-likeness (QED) is 0.847. The van der Waals surface area contributed by atoms with Gasteiger partial charge in [0.05, 0.1) is 17.3 Å². The number of benzene rings is 1. The molecule has 0 fully saturated rings. The van der Waals surface area contributed by atoms with Gasteiger partial charge in [-0.25, -0.2) is 4.79 Å². The van der Waals surface area contributed by atoms with E-state index in [0.717, 1.165) is 0 Å². The predicted octanol–water partition coefficient (Wildman–Crippen LogP) is 2.63. The Balaban J connectivity index is 2.70. The zero-order valence-electron chi connectivity index (χ0n) is 11.7. The molecule has 20 heavy (non-hydrogen) atoms. The van der Waals surface area contributed by atoms with Gasteiger partial charge in [-0.2, -0.15) is 0 Å². The van der Waals surface area contributed by atoms with Crippen molar-refractivity contribution >= 4 is 34.1 Å². The highest BCUT2D eigenvalue weighted by Gasteiger charge is 2.13. The Bertz CT molecular complexity index is 497. The van der Waals surface area contributed by atoms with Crippen molar-refractivity contribution in [3.63, 3.8) is 0 Å². The maximum absolute atomic E-state index is 11.9. The molecule has 0 unspecified atom stereocenters. The Morgan fingerprint density at radius 1 is 1.50 bits per heavy atom. The summed E-state index contributed by atoms with van der Waals surface area (Å²) in [5.74, 6) is 0.847. The fraction of sp³-hybridized carbons (Fsp3) is 0.462. The number of carbonyl (C=O) groups is 1. The highest BCUT2D eigenvalue weighted by atomic mass is 35.5. The van der Waals surface area contributed by atoms with Gasteiger partial charge in [-0.1, -0.05) is 17.7 Å². The molecule has 1 rings (SSSR count). The van der Waals surface area contributed by atoms with Crippen LogP contribution in [0, 0.1) is 0 Å². The van der Waals surface area contributed by atoms with Crippen molar-refractivity contribution in [3.8, 4) is 5.75 Å². The number of carbonyl (C=O) groups excluding carboxylic acids is 1. The molecule has 7 heteroatoms. The van der Waals surface area contributed by atoms with Crippen molar-refractivity contribution in [3.05, 3.63) is 23.2 Å². The summed E-state index contributed by atoms with van der Waals surface area (Å²) in [4.78, 5) is 11.9. The van der Waals surface area contributed by atoms with E-state index in [0.29, 0.717) is 28.8 Å². The predicted molar refractivity (Wildman–Crippen MR) is 83.2 cm³/mol. The van der Waals surface area contributed by atoms with Crippen LogP contribution in [0.1, 0.15) is 13.8 Å². The first kappa shape index (κ1) is 16.8. The second-order valence-electron chi connectivity index (χ2n) is 4.29. The van der Waals surface area contributed by atoms with Crippen LogP contribution in [0.3, 0.4) is 0 Å². The molecule has 2 atom stereocenters. The molecule has 2 amide bonds. The van der Waals surface area contributed by atoms with Crippen LogP contribution in [0.25, 0.3) is 0 Å². The van der Waals surface area contributed by atoms with Gasteiger partial charge in [-0.05, 0) is 26.0 Å². The molecule has 0 radical (unpaired) electrons. The SMILES string of the molecule is CCOc1c(Cl)cccc1NC(=O)N[C@H](C)C[S@](C)=O. The number of nitrogens with one attached hydrogen (secondary N) is 2. The molecule has 112 valence electrons. The second kappa shape index (κ2) is 8.11. The van der Waals surface area contributed by atoms with Gasteiger partial charge in [0, 0.05) is 28.9 Å². The van der Waals surface area contributed by atoms with E-state index in [1.165, 1.54) is 0 Å². The third-order valence-corrected chi connectivity index (χ3v) is 3.63. The van der Waals surface area contributed by atoms with Crippen molar-refractivity contribution in [1.29, 1.82) is 0 Å². The molecular formula is C13H19ClN2O3S. The lowest BCUT2D eigenvalue weighted by molar-refractivity contribution is 0.250. The Kier molecular flexibility index (Phi) is 6.81. The zero-order valence-corrected chi connectivity index (χ0v) is 13.3. The fourth-order valence-corrected chi connectivity index (χ4v) is 2.69. The summed E-state index contributed by atoms with van der Waals surface area (Å²) >= 11 is 6.03. The van der Waals surface area contributed by atoms with Crippen molar-refractivity contribution in [2.45, 2.75) is 19.9 Å². The summed E-state index contributed by atoms with van der Waals surface area (Å²) in [6.45, 7) is 4.08. The summed E-state index contributed by atoms with van der Waals surface area (Å²) < 4.78 is 16.5. The van der Waals surface area contributed by atoms with Crippen LogP contribution < -0.4 is 15.4 Å². The van der Waals surface area contributed by atoms with Crippen molar-refractivity contribution < 1.29 is 13.7 Å². The lowest BCUT2D eigenvalue weighted by Crippen LogP contribution is -2.39. The lowest BCUT2D eigenvalue weighted by Gasteiger charge is -2.16. The monoisotopic (exact) mass is 318 g/mol.